The molecule has 2 aliphatic rings. The molecule has 1 aromatic rings. The Balaban J connectivity index is 1.87. The van der Waals surface area contributed by atoms with Crippen molar-refractivity contribution in [1.29, 1.82) is 0 Å². The fourth-order valence-electron chi connectivity index (χ4n) is 3.36. The second kappa shape index (κ2) is 5.14. The lowest BCUT2D eigenvalue weighted by atomic mass is 9.84. The normalized spacial score (nSPS) is 30.4. The van der Waals surface area contributed by atoms with Crippen molar-refractivity contribution in [2.45, 2.75) is 32.2 Å². The highest BCUT2D eigenvalue weighted by molar-refractivity contribution is 5.56. The van der Waals surface area contributed by atoms with E-state index in [-0.39, 0.29) is 5.41 Å². The van der Waals surface area contributed by atoms with Crippen LogP contribution in [0.15, 0.2) is 24.3 Å². The first-order valence-electron chi connectivity index (χ1n) is 7.36. The summed E-state index contributed by atoms with van der Waals surface area (Å²) in [7, 11) is 0. The molecule has 0 amide bonds. The molecule has 19 heavy (non-hydrogen) atoms. The number of para-hydroxylation sites is 1. The zero-order valence-electron chi connectivity index (χ0n) is 11.8. The lowest BCUT2D eigenvalue weighted by molar-refractivity contribution is 0.155. The van der Waals surface area contributed by atoms with Gasteiger partial charge in [0.05, 0.1) is 6.61 Å². The SMILES string of the molecule is CC1CCc2ccccc2N1CC1(CN)CCOC1. The third-order valence-corrected chi connectivity index (χ3v) is 4.79. The van der Waals surface area contributed by atoms with Crippen LogP contribution < -0.4 is 10.6 Å². The van der Waals surface area contributed by atoms with Crippen LogP contribution in [0.4, 0.5) is 5.69 Å². The molecular formula is C16H24N2O. The summed E-state index contributed by atoms with van der Waals surface area (Å²) in [6.45, 7) is 5.76. The van der Waals surface area contributed by atoms with Gasteiger partial charge in [-0.25, -0.2) is 0 Å². The van der Waals surface area contributed by atoms with Gasteiger partial charge in [0.2, 0.25) is 0 Å². The van der Waals surface area contributed by atoms with Crippen LogP contribution in [-0.2, 0) is 11.2 Å². The summed E-state index contributed by atoms with van der Waals surface area (Å²) in [5.74, 6) is 0. The van der Waals surface area contributed by atoms with Gasteiger partial charge in [0.25, 0.3) is 0 Å². The van der Waals surface area contributed by atoms with E-state index in [9.17, 15) is 0 Å². The van der Waals surface area contributed by atoms with E-state index in [1.165, 1.54) is 24.1 Å². The first kappa shape index (κ1) is 12.9. The van der Waals surface area contributed by atoms with Crippen LogP contribution in [0.5, 0.6) is 0 Å². The highest BCUT2D eigenvalue weighted by atomic mass is 16.5. The van der Waals surface area contributed by atoms with Crippen LogP contribution in [-0.4, -0.2) is 32.3 Å². The minimum atomic E-state index is 0.151. The Morgan fingerprint density at radius 1 is 1.42 bits per heavy atom. The average Bonchev–Trinajstić information content (AvgIpc) is 2.91. The summed E-state index contributed by atoms with van der Waals surface area (Å²) < 4.78 is 5.61. The third kappa shape index (κ3) is 2.37. The van der Waals surface area contributed by atoms with Crippen molar-refractivity contribution in [3.8, 4) is 0 Å². The van der Waals surface area contributed by atoms with E-state index >= 15 is 0 Å². The zero-order valence-corrected chi connectivity index (χ0v) is 11.8. The summed E-state index contributed by atoms with van der Waals surface area (Å²) in [5.41, 5.74) is 9.08. The van der Waals surface area contributed by atoms with Gasteiger partial charge in [0.1, 0.15) is 0 Å². The fourth-order valence-corrected chi connectivity index (χ4v) is 3.36. The molecule has 3 heteroatoms. The molecule has 0 spiro atoms. The molecule has 1 saturated heterocycles. The maximum absolute atomic E-state index is 6.04. The van der Waals surface area contributed by atoms with Gasteiger partial charge in [-0.15, -0.1) is 0 Å². The maximum Gasteiger partial charge on any atom is 0.0552 e. The Kier molecular flexibility index (Phi) is 3.50. The number of hydrogen-bond donors (Lipinski definition) is 1. The number of rotatable bonds is 3. The van der Waals surface area contributed by atoms with Crippen molar-refractivity contribution in [2.24, 2.45) is 11.1 Å². The van der Waals surface area contributed by atoms with Crippen LogP contribution >= 0.6 is 0 Å². The van der Waals surface area contributed by atoms with E-state index in [2.05, 4.69) is 36.1 Å². The van der Waals surface area contributed by atoms with Gasteiger partial charge in [-0.05, 0) is 37.8 Å². The van der Waals surface area contributed by atoms with Gasteiger partial charge < -0.3 is 15.4 Å². The fraction of sp³-hybridized carbons (Fsp3) is 0.625. The molecule has 104 valence electrons. The predicted octanol–water partition coefficient (Wildman–Crippen LogP) is 2.19. The average molecular weight is 260 g/mol. The number of aryl methyl sites for hydroxylation is 1. The van der Waals surface area contributed by atoms with Crippen LogP contribution in [0.25, 0.3) is 0 Å². The topological polar surface area (TPSA) is 38.5 Å². The van der Waals surface area contributed by atoms with E-state index in [4.69, 9.17) is 10.5 Å². The molecule has 0 saturated carbocycles. The quantitative estimate of drug-likeness (QED) is 0.905. The van der Waals surface area contributed by atoms with Gasteiger partial charge in [-0.1, -0.05) is 18.2 Å². The number of anilines is 1. The van der Waals surface area contributed by atoms with Crippen molar-refractivity contribution < 1.29 is 4.74 Å². The molecular weight excluding hydrogens is 236 g/mol. The summed E-state index contributed by atoms with van der Waals surface area (Å²) >= 11 is 0. The van der Waals surface area contributed by atoms with Crippen LogP contribution in [0.2, 0.25) is 0 Å². The first-order valence-corrected chi connectivity index (χ1v) is 7.36. The number of nitrogens with zero attached hydrogens (tertiary/aromatic N) is 1. The van der Waals surface area contributed by atoms with E-state index < -0.39 is 0 Å². The number of ether oxygens (including phenoxy) is 1. The summed E-state index contributed by atoms with van der Waals surface area (Å²) in [6.07, 6.45) is 3.52. The van der Waals surface area contributed by atoms with Crippen molar-refractivity contribution in [3.63, 3.8) is 0 Å². The second-order valence-electron chi connectivity index (χ2n) is 6.15. The minimum absolute atomic E-state index is 0.151. The van der Waals surface area contributed by atoms with Gasteiger partial charge in [0.15, 0.2) is 0 Å². The summed E-state index contributed by atoms with van der Waals surface area (Å²) in [5, 5.41) is 0. The number of nitrogens with two attached hydrogens (primary N) is 1. The molecule has 3 nitrogen and oxygen atoms in total. The highest BCUT2D eigenvalue weighted by Crippen LogP contribution is 2.36. The molecule has 1 aromatic carbocycles. The van der Waals surface area contributed by atoms with Crippen LogP contribution in [0.1, 0.15) is 25.3 Å². The Hall–Kier alpha value is -1.06. The van der Waals surface area contributed by atoms with Gasteiger partial charge in [0, 0.05) is 36.8 Å². The van der Waals surface area contributed by atoms with Gasteiger partial charge in [-0.2, -0.15) is 0 Å². The Bertz CT molecular complexity index is 440. The van der Waals surface area contributed by atoms with Crippen molar-refractivity contribution in [1.82, 2.24) is 0 Å². The zero-order chi connectivity index (χ0) is 13.3. The molecule has 1 fully saturated rings. The highest BCUT2D eigenvalue weighted by Gasteiger charge is 2.37. The summed E-state index contributed by atoms with van der Waals surface area (Å²) in [4.78, 5) is 2.56. The standard InChI is InChI=1S/C16H24N2O/c1-13-6-7-14-4-2-3-5-15(14)18(13)11-16(10-17)8-9-19-12-16/h2-5,13H,6-12,17H2,1H3. The Labute approximate surface area is 115 Å². The van der Waals surface area contributed by atoms with Gasteiger partial charge >= 0.3 is 0 Å². The largest absolute Gasteiger partial charge is 0.381 e. The van der Waals surface area contributed by atoms with E-state index in [0.29, 0.717) is 6.04 Å². The summed E-state index contributed by atoms with van der Waals surface area (Å²) in [6, 6.07) is 9.40. The van der Waals surface area contributed by atoms with E-state index in [1.807, 2.05) is 0 Å². The van der Waals surface area contributed by atoms with Crippen LogP contribution in [0, 0.1) is 5.41 Å². The van der Waals surface area contributed by atoms with Crippen molar-refractivity contribution in [3.05, 3.63) is 29.8 Å². The van der Waals surface area contributed by atoms with E-state index in [1.54, 1.807) is 0 Å². The number of benzene rings is 1. The number of fused-ring (bicyclic) bond motifs is 1. The second-order valence-corrected chi connectivity index (χ2v) is 6.15. The third-order valence-electron chi connectivity index (χ3n) is 4.79. The number of hydrogen-bond acceptors (Lipinski definition) is 3. The molecule has 2 heterocycles. The molecule has 0 bridgehead atoms. The first-order chi connectivity index (χ1) is 9.24. The molecule has 2 N–H and O–H groups in total. The molecule has 2 unspecified atom stereocenters. The molecule has 2 atom stereocenters. The molecule has 0 aromatic heterocycles. The molecule has 0 aliphatic carbocycles. The van der Waals surface area contributed by atoms with Crippen LogP contribution in [0.3, 0.4) is 0 Å². The van der Waals surface area contributed by atoms with E-state index in [0.717, 1.165) is 32.7 Å². The predicted molar refractivity (Wildman–Crippen MR) is 78.5 cm³/mol. The lowest BCUT2D eigenvalue weighted by Crippen LogP contribution is -2.48. The minimum Gasteiger partial charge on any atom is -0.381 e. The molecule has 3 rings (SSSR count). The monoisotopic (exact) mass is 260 g/mol. The van der Waals surface area contributed by atoms with Gasteiger partial charge in [-0.3, -0.25) is 0 Å². The molecule has 0 radical (unpaired) electrons. The Morgan fingerprint density at radius 2 is 2.26 bits per heavy atom. The molecule has 2 aliphatic heterocycles. The van der Waals surface area contributed by atoms with Crippen molar-refractivity contribution in [2.75, 3.05) is 31.2 Å². The maximum atomic E-state index is 6.04. The smallest absolute Gasteiger partial charge is 0.0552 e. The lowest BCUT2D eigenvalue weighted by Gasteiger charge is -2.42. The van der Waals surface area contributed by atoms with Crippen molar-refractivity contribution >= 4 is 5.69 Å². The Morgan fingerprint density at radius 3 is 3.00 bits per heavy atom.